The summed E-state index contributed by atoms with van der Waals surface area (Å²) in [6, 6.07) is 13.5. The number of halogens is 1. The van der Waals surface area contributed by atoms with E-state index in [1.807, 2.05) is 36.4 Å². The molecule has 0 bridgehead atoms. The summed E-state index contributed by atoms with van der Waals surface area (Å²) in [6.45, 7) is 0. The molecule has 0 unspecified atom stereocenters. The van der Waals surface area contributed by atoms with E-state index in [-0.39, 0.29) is 11.5 Å². The van der Waals surface area contributed by atoms with Gasteiger partial charge in [0.15, 0.2) is 11.5 Å². The number of fused-ring (bicyclic) bond motifs is 2. The Kier molecular flexibility index (Phi) is 3.72. The zero-order valence-corrected chi connectivity index (χ0v) is 15.7. The van der Waals surface area contributed by atoms with Gasteiger partial charge in [-0.2, -0.15) is 10.4 Å². The summed E-state index contributed by atoms with van der Waals surface area (Å²) in [5, 5.41) is 18.3. The predicted molar refractivity (Wildman–Crippen MR) is 110 cm³/mol. The van der Waals surface area contributed by atoms with Gasteiger partial charge in [-0.25, -0.2) is 15.0 Å². The number of anilines is 1. The fourth-order valence-corrected chi connectivity index (χ4v) is 4.23. The van der Waals surface area contributed by atoms with Crippen molar-refractivity contribution in [3.63, 3.8) is 0 Å². The number of aromatic nitrogens is 5. The lowest BCUT2D eigenvalue weighted by atomic mass is 10.1. The van der Waals surface area contributed by atoms with Crippen molar-refractivity contribution in [1.82, 2.24) is 25.1 Å². The molecule has 0 aliphatic heterocycles. The minimum Gasteiger partial charge on any atom is -0.381 e. The third-order valence-corrected chi connectivity index (χ3v) is 5.64. The average molecular weight is 404 g/mol. The van der Waals surface area contributed by atoms with Gasteiger partial charge in [0.05, 0.1) is 27.0 Å². The monoisotopic (exact) mass is 403 g/mol. The van der Waals surface area contributed by atoms with Crippen molar-refractivity contribution in [2.24, 2.45) is 0 Å². The molecule has 0 saturated heterocycles. The fraction of sp³-hybridized carbons (Fsp3) is 0. The molecule has 0 atom stereocenters. The molecule has 134 valence electrons. The predicted octanol–water partition coefficient (Wildman–Crippen LogP) is 4.40. The largest absolute Gasteiger partial charge is 0.381 e. The Morgan fingerprint density at radius 2 is 1.96 bits per heavy atom. The Hall–Kier alpha value is -3.54. The van der Waals surface area contributed by atoms with Crippen LogP contribution in [-0.4, -0.2) is 25.1 Å². The van der Waals surface area contributed by atoms with Crippen LogP contribution in [0.15, 0.2) is 42.6 Å². The van der Waals surface area contributed by atoms with Crippen molar-refractivity contribution in [3.8, 4) is 28.0 Å². The summed E-state index contributed by atoms with van der Waals surface area (Å²) >= 11 is 7.89. The third kappa shape index (κ3) is 2.57. The molecule has 0 aliphatic carbocycles. The second-order valence-corrected chi connectivity index (χ2v) is 7.48. The highest BCUT2D eigenvalue weighted by atomic mass is 35.5. The summed E-state index contributed by atoms with van der Waals surface area (Å²) in [5.74, 6) is 0.0657. The van der Waals surface area contributed by atoms with Crippen LogP contribution < -0.4 is 5.73 Å². The van der Waals surface area contributed by atoms with Gasteiger partial charge in [-0.1, -0.05) is 23.7 Å². The smallest absolute Gasteiger partial charge is 0.183 e. The first-order chi connectivity index (χ1) is 13.6. The van der Waals surface area contributed by atoms with Gasteiger partial charge in [0.2, 0.25) is 0 Å². The van der Waals surface area contributed by atoms with Gasteiger partial charge in [0, 0.05) is 10.9 Å². The summed E-state index contributed by atoms with van der Waals surface area (Å²) in [7, 11) is 0. The summed E-state index contributed by atoms with van der Waals surface area (Å²) < 4.78 is 1.02. The molecule has 9 heteroatoms. The lowest BCUT2D eigenvalue weighted by molar-refractivity contribution is 1.12. The molecule has 2 aromatic carbocycles. The second-order valence-electron chi connectivity index (χ2n) is 6.05. The van der Waals surface area contributed by atoms with Crippen LogP contribution >= 0.6 is 22.9 Å². The summed E-state index contributed by atoms with van der Waals surface area (Å²) in [6.07, 6.45) is 1.68. The van der Waals surface area contributed by atoms with Crippen molar-refractivity contribution in [2.45, 2.75) is 0 Å². The Morgan fingerprint density at radius 1 is 1.11 bits per heavy atom. The number of aromatic amines is 1. The third-order valence-electron chi connectivity index (χ3n) is 4.30. The van der Waals surface area contributed by atoms with Crippen molar-refractivity contribution in [2.75, 3.05) is 5.73 Å². The van der Waals surface area contributed by atoms with Crippen molar-refractivity contribution in [3.05, 3.63) is 53.3 Å². The molecule has 7 nitrogen and oxygen atoms in total. The van der Waals surface area contributed by atoms with Gasteiger partial charge in [0.25, 0.3) is 0 Å². The molecule has 0 radical (unpaired) electrons. The first-order valence-corrected chi connectivity index (χ1v) is 9.40. The zero-order chi connectivity index (χ0) is 19.3. The Bertz CT molecular complexity index is 1380. The lowest BCUT2D eigenvalue weighted by Gasteiger charge is -2.09. The minimum absolute atomic E-state index is 0.0586. The zero-order valence-electron chi connectivity index (χ0n) is 14.1. The number of nitrogens with one attached hydrogen (secondary N) is 1. The van der Waals surface area contributed by atoms with E-state index in [2.05, 4.69) is 25.1 Å². The van der Waals surface area contributed by atoms with Crippen molar-refractivity contribution >= 4 is 49.9 Å². The van der Waals surface area contributed by atoms with Gasteiger partial charge in [-0.3, -0.25) is 5.10 Å². The number of nitrogen functional groups attached to an aromatic ring is 1. The molecule has 28 heavy (non-hydrogen) atoms. The van der Waals surface area contributed by atoms with Gasteiger partial charge in [0.1, 0.15) is 22.5 Å². The van der Waals surface area contributed by atoms with Gasteiger partial charge in [-0.15, -0.1) is 11.3 Å². The molecule has 5 aromatic rings. The van der Waals surface area contributed by atoms with E-state index in [1.165, 1.54) is 11.3 Å². The number of nitrogens with two attached hydrogens (primary N) is 1. The minimum atomic E-state index is 0.0586. The normalized spacial score (nSPS) is 11.1. The number of nitriles is 1. The molecule has 3 heterocycles. The maximum Gasteiger partial charge on any atom is 0.183 e. The van der Waals surface area contributed by atoms with E-state index in [1.54, 1.807) is 12.3 Å². The lowest BCUT2D eigenvalue weighted by Crippen LogP contribution is -2.03. The highest BCUT2D eigenvalue weighted by molar-refractivity contribution is 7.21. The van der Waals surface area contributed by atoms with Crippen LogP contribution in [0.3, 0.4) is 0 Å². The molecular formula is C19H10ClN7S. The fourth-order valence-electron chi connectivity index (χ4n) is 3.01. The molecular weight excluding hydrogens is 394 g/mol. The van der Waals surface area contributed by atoms with Gasteiger partial charge >= 0.3 is 0 Å². The van der Waals surface area contributed by atoms with E-state index in [4.69, 9.17) is 17.3 Å². The van der Waals surface area contributed by atoms with Crippen LogP contribution in [0.25, 0.3) is 43.1 Å². The quantitative estimate of drug-likeness (QED) is 0.451. The number of H-pyrrole nitrogens is 1. The summed E-state index contributed by atoms with van der Waals surface area (Å²) in [4.78, 5) is 13.6. The number of hydrogen-bond acceptors (Lipinski definition) is 7. The van der Waals surface area contributed by atoms with Crippen LogP contribution in [0.4, 0.5) is 5.82 Å². The first kappa shape index (κ1) is 16.6. The van der Waals surface area contributed by atoms with E-state index >= 15 is 0 Å². The number of thiazole rings is 1. The van der Waals surface area contributed by atoms with Crippen LogP contribution in [0.5, 0.6) is 0 Å². The topological polar surface area (TPSA) is 117 Å². The highest BCUT2D eigenvalue weighted by Gasteiger charge is 2.20. The van der Waals surface area contributed by atoms with Crippen LogP contribution in [0.1, 0.15) is 5.69 Å². The van der Waals surface area contributed by atoms with Crippen molar-refractivity contribution < 1.29 is 0 Å². The molecule has 0 spiro atoms. The van der Waals surface area contributed by atoms with E-state index in [0.29, 0.717) is 27.0 Å². The Morgan fingerprint density at radius 3 is 2.79 bits per heavy atom. The van der Waals surface area contributed by atoms with Crippen molar-refractivity contribution in [1.29, 1.82) is 5.26 Å². The molecule has 0 amide bonds. The maximum atomic E-state index is 9.37. The molecule has 3 aromatic heterocycles. The number of benzene rings is 2. The van der Waals surface area contributed by atoms with Crippen LogP contribution in [0, 0.1) is 11.3 Å². The molecule has 0 fully saturated rings. The van der Waals surface area contributed by atoms with Gasteiger partial charge < -0.3 is 5.73 Å². The molecule has 0 saturated carbocycles. The number of hydrogen-bond donors (Lipinski definition) is 2. The second kappa shape index (κ2) is 6.27. The highest BCUT2D eigenvalue weighted by Crippen LogP contribution is 2.37. The van der Waals surface area contributed by atoms with Crippen LogP contribution in [0.2, 0.25) is 5.02 Å². The number of rotatable bonds is 2. The van der Waals surface area contributed by atoms with E-state index in [9.17, 15) is 5.26 Å². The number of nitrogens with zero attached hydrogens (tertiary/aromatic N) is 5. The average Bonchev–Trinajstić information content (AvgIpc) is 3.34. The number of para-hydroxylation sites is 1. The Labute approximate surface area is 167 Å². The Balaban J connectivity index is 1.81. The molecule has 0 aliphatic rings. The first-order valence-electron chi connectivity index (χ1n) is 8.20. The molecule has 5 rings (SSSR count). The summed E-state index contributed by atoms with van der Waals surface area (Å²) in [5.41, 5.74) is 9.32. The molecule has 3 N–H and O–H groups in total. The maximum absolute atomic E-state index is 9.37. The van der Waals surface area contributed by atoms with Gasteiger partial charge in [-0.05, 0) is 24.3 Å². The standard InChI is InChI=1S/C19H10ClN7S/c20-11-6-9(5-10-8-23-27-15(10)11)16-17(26-18(22)13(7-21)24-16)19-25-12-3-1-2-4-14(12)28-19/h1-6,8H,(H2,22,26)(H,23,27). The SMILES string of the molecule is N#Cc1nc(-c2cc(Cl)c3[nH]ncc3c2)c(-c2nc3ccccc3s2)nc1N. The van der Waals surface area contributed by atoms with Crippen LogP contribution in [-0.2, 0) is 0 Å². The van der Waals surface area contributed by atoms with E-state index in [0.717, 1.165) is 21.1 Å². The van der Waals surface area contributed by atoms with E-state index < -0.39 is 0 Å².